The molecule has 0 unspecified atom stereocenters. The molecule has 0 fully saturated rings. The Kier molecular flexibility index (Phi) is 3.62. The van der Waals surface area contributed by atoms with E-state index in [-0.39, 0.29) is 17.5 Å². The van der Waals surface area contributed by atoms with Gasteiger partial charge in [-0.25, -0.2) is 0 Å². The number of hydrogen-bond acceptors (Lipinski definition) is 3. The van der Waals surface area contributed by atoms with Crippen molar-refractivity contribution in [1.82, 2.24) is 0 Å². The lowest BCUT2D eigenvalue weighted by Crippen LogP contribution is -2.13. The molecule has 5 nitrogen and oxygen atoms in total. The molecule has 0 aliphatic carbocycles. The molecule has 6 heteroatoms. The summed E-state index contributed by atoms with van der Waals surface area (Å²) in [5.41, 5.74) is 0.804. The maximum Gasteiger partial charge on any atom is 0.274 e. The van der Waals surface area contributed by atoms with Crippen molar-refractivity contribution in [3.8, 4) is 0 Å². The minimum atomic E-state index is -0.494. The highest BCUT2D eigenvalue weighted by Gasteiger charge is 2.13. The first-order valence-electron chi connectivity index (χ1n) is 4.16. The standard InChI is InChI=1S/C9H9ClN2O3/c1-6-7(11-9(13)5-10)3-2-4-8(6)12(14)15/h2-4H,5H2,1H3,(H,11,13). The Labute approximate surface area is 91.2 Å². The molecular weight excluding hydrogens is 220 g/mol. The molecule has 0 aromatic heterocycles. The van der Waals surface area contributed by atoms with Crippen LogP contribution < -0.4 is 5.32 Å². The third kappa shape index (κ3) is 2.66. The van der Waals surface area contributed by atoms with E-state index >= 15 is 0 Å². The van der Waals surface area contributed by atoms with Crippen LogP contribution in [0.3, 0.4) is 0 Å². The van der Waals surface area contributed by atoms with Crippen molar-refractivity contribution < 1.29 is 9.72 Å². The summed E-state index contributed by atoms with van der Waals surface area (Å²) in [6.07, 6.45) is 0. The first-order valence-corrected chi connectivity index (χ1v) is 4.69. The minimum absolute atomic E-state index is 0.0256. The van der Waals surface area contributed by atoms with Crippen molar-refractivity contribution in [2.75, 3.05) is 11.2 Å². The third-order valence-electron chi connectivity index (χ3n) is 1.90. The zero-order chi connectivity index (χ0) is 11.4. The monoisotopic (exact) mass is 228 g/mol. The number of anilines is 1. The highest BCUT2D eigenvalue weighted by atomic mass is 35.5. The number of amides is 1. The summed E-state index contributed by atoms with van der Waals surface area (Å²) in [5.74, 6) is -0.567. The fraction of sp³-hybridized carbons (Fsp3) is 0.222. The number of alkyl halides is 1. The van der Waals surface area contributed by atoms with E-state index in [2.05, 4.69) is 5.32 Å². The number of nitro benzene ring substituents is 1. The summed E-state index contributed by atoms with van der Waals surface area (Å²) in [6, 6.07) is 4.48. The van der Waals surface area contributed by atoms with Crippen LogP contribution in [0.15, 0.2) is 18.2 Å². The Morgan fingerprint density at radius 1 is 1.60 bits per heavy atom. The average molecular weight is 229 g/mol. The maximum atomic E-state index is 11.0. The summed E-state index contributed by atoms with van der Waals surface area (Å²) >= 11 is 5.31. The van der Waals surface area contributed by atoms with Gasteiger partial charge in [0.05, 0.1) is 16.2 Å². The van der Waals surface area contributed by atoms with Gasteiger partial charge < -0.3 is 5.32 Å². The van der Waals surface area contributed by atoms with Gasteiger partial charge in [0.25, 0.3) is 5.69 Å². The van der Waals surface area contributed by atoms with Crippen LogP contribution in [0.5, 0.6) is 0 Å². The molecule has 1 amide bonds. The molecule has 1 N–H and O–H groups in total. The Hall–Kier alpha value is -1.62. The number of hydrogen-bond donors (Lipinski definition) is 1. The molecule has 0 saturated heterocycles. The molecule has 80 valence electrons. The number of benzene rings is 1. The van der Waals surface area contributed by atoms with Crippen molar-refractivity contribution in [3.05, 3.63) is 33.9 Å². The van der Waals surface area contributed by atoms with Crippen LogP contribution in [-0.2, 0) is 4.79 Å². The van der Waals surface area contributed by atoms with Gasteiger partial charge in [0.2, 0.25) is 5.91 Å². The maximum absolute atomic E-state index is 11.0. The van der Waals surface area contributed by atoms with Gasteiger partial charge in [-0.1, -0.05) is 6.07 Å². The third-order valence-corrected chi connectivity index (χ3v) is 2.14. The van der Waals surface area contributed by atoms with E-state index < -0.39 is 4.92 Å². The Balaban J connectivity index is 3.04. The molecular formula is C9H9ClN2O3. The van der Waals surface area contributed by atoms with Gasteiger partial charge in [0.15, 0.2) is 0 Å². The van der Waals surface area contributed by atoms with E-state index in [0.717, 1.165) is 0 Å². The molecule has 0 spiro atoms. The van der Waals surface area contributed by atoms with E-state index in [1.807, 2.05) is 0 Å². The van der Waals surface area contributed by atoms with Crippen LogP contribution in [0.4, 0.5) is 11.4 Å². The summed E-state index contributed by atoms with van der Waals surface area (Å²) in [5, 5.41) is 13.1. The first kappa shape index (κ1) is 11.5. The highest BCUT2D eigenvalue weighted by Crippen LogP contribution is 2.24. The number of nitrogens with one attached hydrogen (secondary N) is 1. The fourth-order valence-electron chi connectivity index (χ4n) is 1.14. The Bertz CT molecular complexity index is 406. The molecule has 0 radical (unpaired) electrons. The number of rotatable bonds is 3. The van der Waals surface area contributed by atoms with Crippen LogP contribution in [0.25, 0.3) is 0 Å². The highest BCUT2D eigenvalue weighted by molar-refractivity contribution is 6.29. The first-order chi connectivity index (χ1) is 7.06. The van der Waals surface area contributed by atoms with E-state index in [4.69, 9.17) is 11.6 Å². The second-order valence-corrected chi connectivity index (χ2v) is 3.16. The molecule has 0 bridgehead atoms. The van der Waals surface area contributed by atoms with Gasteiger partial charge >= 0.3 is 0 Å². The summed E-state index contributed by atoms with van der Waals surface area (Å²) in [6.45, 7) is 1.57. The van der Waals surface area contributed by atoms with Crippen LogP contribution in [-0.4, -0.2) is 16.7 Å². The van der Waals surface area contributed by atoms with Gasteiger partial charge in [-0.3, -0.25) is 14.9 Å². The second kappa shape index (κ2) is 4.75. The predicted molar refractivity (Wildman–Crippen MR) is 57.2 cm³/mol. The van der Waals surface area contributed by atoms with E-state index in [1.54, 1.807) is 13.0 Å². The molecule has 1 rings (SSSR count). The molecule has 1 aromatic rings. The second-order valence-electron chi connectivity index (χ2n) is 2.89. The van der Waals surface area contributed by atoms with E-state index in [9.17, 15) is 14.9 Å². The van der Waals surface area contributed by atoms with Gasteiger partial charge in [-0.05, 0) is 13.0 Å². The smallest absolute Gasteiger partial charge is 0.274 e. The molecule has 0 heterocycles. The van der Waals surface area contributed by atoms with Crippen molar-refractivity contribution in [2.24, 2.45) is 0 Å². The number of nitrogens with zero attached hydrogens (tertiary/aromatic N) is 1. The fourth-order valence-corrected chi connectivity index (χ4v) is 1.21. The van der Waals surface area contributed by atoms with E-state index in [0.29, 0.717) is 11.3 Å². The molecule has 0 aliphatic heterocycles. The van der Waals surface area contributed by atoms with Crippen molar-refractivity contribution in [2.45, 2.75) is 6.92 Å². The largest absolute Gasteiger partial charge is 0.325 e. The lowest BCUT2D eigenvalue weighted by molar-refractivity contribution is -0.385. The number of nitro groups is 1. The lowest BCUT2D eigenvalue weighted by Gasteiger charge is -2.06. The minimum Gasteiger partial charge on any atom is -0.325 e. The molecule has 0 atom stereocenters. The van der Waals surface area contributed by atoms with Crippen LogP contribution in [0, 0.1) is 17.0 Å². The quantitative estimate of drug-likeness (QED) is 0.489. The molecule has 15 heavy (non-hydrogen) atoms. The van der Waals surface area contributed by atoms with E-state index in [1.165, 1.54) is 12.1 Å². The summed E-state index contributed by atoms with van der Waals surface area (Å²) < 4.78 is 0. The SMILES string of the molecule is Cc1c(NC(=O)CCl)cccc1[N+](=O)[O-]. The Morgan fingerprint density at radius 3 is 2.80 bits per heavy atom. The molecule has 0 aliphatic rings. The van der Waals surface area contributed by atoms with Gasteiger partial charge in [0, 0.05) is 6.07 Å². The van der Waals surface area contributed by atoms with Gasteiger partial charge in [-0.2, -0.15) is 0 Å². The Morgan fingerprint density at radius 2 is 2.27 bits per heavy atom. The summed E-state index contributed by atoms with van der Waals surface area (Å²) in [7, 11) is 0. The van der Waals surface area contributed by atoms with Crippen molar-refractivity contribution >= 4 is 28.9 Å². The number of halogens is 1. The zero-order valence-electron chi connectivity index (χ0n) is 7.99. The predicted octanol–water partition coefficient (Wildman–Crippen LogP) is 2.08. The summed E-state index contributed by atoms with van der Waals surface area (Å²) in [4.78, 5) is 21.1. The van der Waals surface area contributed by atoms with Gasteiger partial charge in [-0.15, -0.1) is 11.6 Å². The topological polar surface area (TPSA) is 72.2 Å². The van der Waals surface area contributed by atoms with Crippen LogP contribution in [0.2, 0.25) is 0 Å². The van der Waals surface area contributed by atoms with Crippen LogP contribution in [0.1, 0.15) is 5.56 Å². The lowest BCUT2D eigenvalue weighted by atomic mass is 10.1. The van der Waals surface area contributed by atoms with Crippen molar-refractivity contribution in [3.63, 3.8) is 0 Å². The molecule has 0 saturated carbocycles. The normalized spacial score (nSPS) is 9.73. The van der Waals surface area contributed by atoms with Crippen LogP contribution >= 0.6 is 11.6 Å². The number of carbonyl (C=O) groups excluding carboxylic acids is 1. The molecule has 1 aromatic carbocycles. The number of carbonyl (C=O) groups is 1. The van der Waals surface area contributed by atoms with Crippen molar-refractivity contribution in [1.29, 1.82) is 0 Å². The average Bonchev–Trinajstić information content (AvgIpc) is 2.20. The zero-order valence-corrected chi connectivity index (χ0v) is 8.75. The van der Waals surface area contributed by atoms with Gasteiger partial charge in [0.1, 0.15) is 5.88 Å².